The van der Waals surface area contributed by atoms with Crippen molar-refractivity contribution >= 4 is 16.0 Å². The highest BCUT2D eigenvalue weighted by Gasteiger charge is 2.35. The number of halogens is 2. The molecular formula is C12H15F2NO5S. The predicted octanol–water partition coefficient (Wildman–Crippen LogP) is 1.87. The van der Waals surface area contributed by atoms with Crippen LogP contribution in [0.5, 0.6) is 0 Å². The smallest absolute Gasteiger partial charge is 0.337 e. The van der Waals surface area contributed by atoms with Crippen molar-refractivity contribution in [3.8, 4) is 0 Å². The van der Waals surface area contributed by atoms with E-state index < -0.39 is 38.0 Å². The lowest BCUT2D eigenvalue weighted by molar-refractivity contribution is -0.165. The molecule has 0 spiro atoms. The molecule has 0 fully saturated rings. The van der Waals surface area contributed by atoms with Crippen LogP contribution in [-0.4, -0.2) is 25.1 Å². The highest BCUT2D eigenvalue weighted by Crippen LogP contribution is 2.32. The molecule has 0 aliphatic heterocycles. The van der Waals surface area contributed by atoms with Gasteiger partial charge in [0.25, 0.3) is 15.9 Å². The molecule has 0 saturated carbocycles. The first kappa shape index (κ1) is 17.5. The zero-order valence-corrected chi connectivity index (χ0v) is 12.4. The Balaban J connectivity index is 3.14. The maximum atomic E-state index is 13.4. The van der Waals surface area contributed by atoms with Gasteiger partial charge in [-0.3, -0.25) is 4.84 Å². The molecule has 0 bridgehead atoms. The number of rotatable bonds is 6. The first-order valence-corrected chi connectivity index (χ1v) is 7.27. The van der Waals surface area contributed by atoms with Gasteiger partial charge in [-0.2, -0.15) is 0 Å². The van der Waals surface area contributed by atoms with Crippen molar-refractivity contribution in [1.29, 1.82) is 0 Å². The van der Waals surface area contributed by atoms with E-state index in [0.717, 1.165) is 26.0 Å². The van der Waals surface area contributed by atoms with Crippen molar-refractivity contribution in [1.82, 2.24) is 4.89 Å². The monoisotopic (exact) mass is 323 g/mol. The standard InChI is InChI=1S/C12H15F2NO5S/c1-11(2,10(16)17)20-15-21(18,19)9-7-5-4-6-8(9)12(3,13)14/h4-7,15H,1-3H3,(H,16,17). The number of hydrogen-bond acceptors (Lipinski definition) is 4. The molecular weight excluding hydrogens is 308 g/mol. The fourth-order valence-electron chi connectivity index (χ4n) is 1.31. The Labute approximate surface area is 120 Å². The lowest BCUT2D eigenvalue weighted by atomic mass is 10.1. The zero-order valence-electron chi connectivity index (χ0n) is 11.6. The Hall–Kier alpha value is -1.58. The fraction of sp³-hybridized carbons (Fsp3) is 0.417. The normalized spacial score (nSPS) is 13.2. The summed E-state index contributed by atoms with van der Waals surface area (Å²) >= 11 is 0. The van der Waals surface area contributed by atoms with E-state index in [1.807, 2.05) is 0 Å². The van der Waals surface area contributed by atoms with E-state index in [-0.39, 0.29) is 0 Å². The first-order chi connectivity index (χ1) is 9.38. The summed E-state index contributed by atoms with van der Waals surface area (Å²) in [5.74, 6) is -4.80. The molecule has 1 aromatic rings. The molecule has 0 aliphatic carbocycles. The van der Waals surface area contributed by atoms with E-state index in [9.17, 15) is 22.0 Å². The second-order valence-corrected chi connectivity index (χ2v) is 6.50. The van der Waals surface area contributed by atoms with E-state index in [2.05, 4.69) is 4.84 Å². The van der Waals surface area contributed by atoms with Gasteiger partial charge in [-0.25, -0.2) is 22.0 Å². The number of carboxylic acid groups (broad SMARTS) is 1. The number of sulfonamides is 1. The minimum atomic E-state index is -4.46. The van der Waals surface area contributed by atoms with Crippen molar-refractivity contribution in [3.05, 3.63) is 29.8 Å². The number of hydrogen-bond donors (Lipinski definition) is 2. The van der Waals surface area contributed by atoms with Gasteiger partial charge in [-0.1, -0.05) is 23.1 Å². The summed E-state index contributed by atoms with van der Waals surface area (Å²) < 4.78 is 50.9. The summed E-state index contributed by atoms with van der Waals surface area (Å²) in [6, 6.07) is 4.49. The maximum absolute atomic E-state index is 13.4. The number of nitrogens with one attached hydrogen (secondary N) is 1. The third kappa shape index (κ3) is 4.19. The quantitative estimate of drug-likeness (QED) is 0.780. The minimum absolute atomic E-state index is 0.559. The number of carbonyl (C=O) groups is 1. The summed E-state index contributed by atoms with van der Waals surface area (Å²) in [5, 5.41) is 8.81. The fourth-order valence-corrected chi connectivity index (χ4v) is 2.51. The van der Waals surface area contributed by atoms with Crippen LogP contribution in [0.3, 0.4) is 0 Å². The average Bonchev–Trinajstić information content (AvgIpc) is 2.35. The topological polar surface area (TPSA) is 92.7 Å². The molecule has 1 aromatic carbocycles. The molecule has 0 amide bonds. The SMILES string of the molecule is CC(C)(ONS(=O)(=O)c1ccccc1C(C)(F)F)C(=O)O. The van der Waals surface area contributed by atoms with E-state index >= 15 is 0 Å². The van der Waals surface area contributed by atoms with Crippen LogP contribution in [0.15, 0.2) is 29.2 Å². The number of carboxylic acids is 1. The number of aliphatic carboxylic acids is 1. The van der Waals surface area contributed by atoms with Crippen LogP contribution < -0.4 is 4.89 Å². The Bertz CT molecular complexity index is 637. The van der Waals surface area contributed by atoms with E-state index in [1.54, 1.807) is 4.89 Å². The summed E-state index contributed by atoms with van der Waals surface area (Å²) in [7, 11) is -4.46. The van der Waals surface area contributed by atoms with Crippen molar-refractivity contribution in [3.63, 3.8) is 0 Å². The van der Waals surface area contributed by atoms with E-state index in [4.69, 9.17) is 5.11 Å². The van der Waals surface area contributed by atoms with Gasteiger partial charge < -0.3 is 5.11 Å². The van der Waals surface area contributed by atoms with Gasteiger partial charge in [0.15, 0.2) is 5.60 Å². The Morgan fingerprint density at radius 3 is 2.24 bits per heavy atom. The van der Waals surface area contributed by atoms with E-state index in [0.29, 0.717) is 6.92 Å². The van der Waals surface area contributed by atoms with Crippen molar-refractivity contribution in [2.45, 2.75) is 37.2 Å². The highest BCUT2D eigenvalue weighted by molar-refractivity contribution is 7.89. The molecule has 1 rings (SSSR count). The van der Waals surface area contributed by atoms with Gasteiger partial charge >= 0.3 is 5.97 Å². The molecule has 118 valence electrons. The van der Waals surface area contributed by atoms with Gasteiger partial charge in [0.2, 0.25) is 0 Å². The van der Waals surface area contributed by atoms with Crippen LogP contribution in [-0.2, 0) is 25.6 Å². The van der Waals surface area contributed by atoms with Gasteiger partial charge in [-0.05, 0) is 19.9 Å². The Morgan fingerprint density at radius 2 is 1.76 bits per heavy atom. The first-order valence-electron chi connectivity index (χ1n) is 5.78. The van der Waals surface area contributed by atoms with Crippen LogP contribution >= 0.6 is 0 Å². The molecule has 0 unspecified atom stereocenters. The van der Waals surface area contributed by atoms with Crippen LogP contribution in [0.4, 0.5) is 8.78 Å². The molecule has 0 saturated heterocycles. The summed E-state index contributed by atoms with van der Waals surface area (Å²) in [5.41, 5.74) is -2.56. The number of benzene rings is 1. The summed E-state index contributed by atoms with van der Waals surface area (Å²) in [6.07, 6.45) is 0. The molecule has 0 aromatic heterocycles. The lowest BCUT2D eigenvalue weighted by Gasteiger charge is -2.21. The van der Waals surface area contributed by atoms with Gasteiger partial charge in [0, 0.05) is 12.5 Å². The third-order valence-corrected chi connectivity index (χ3v) is 3.81. The maximum Gasteiger partial charge on any atom is 0.337 e. The summed E-state index contributed by atoms with van der Waals surface area (Å²) in [4.78, 5) is 16.3. The van der Waals surface area contributed by atoms with Gasteiger partial charge in [0.1, 0.15) is 0 Å². The second-order valence-electron chi connectivity index (χ2n) is 4.89. The zero-order chi connectivity index (χ0) is 16.5. The van der Waals surface area contributed by atoms with Crippen LogP contribution in [0.2, 0.25) is 0 Å². The van der Waals surface area contributed by atoms with Crippen LogP contribution in [0.1, 0.15) is 26.3 Å². The minimum Gasteiger partial charge on any atom is -0.479 e. The lowest BCUT2D eigenvalue weighted by Crippen LogP contribution is -2.42. The molecule has 6 nitrogen and oxygen atoms in total. The average molecular weight is 323 g/mol. The summed E-state index contributed by atoms with van der Waals surface area (Å²) in [6.45, 7) is 2.78. The van der Waals surface area contributed by atoms with Gasteiger partial charge in [-0.15, -0.1) is 0 Å². The van der Waals surface area contributed by atoms with Crippen LogP contribution in [0.25, 0.3) is 0 Å². The van der Waals surface area contributed by atoms with E-state index in [1.165, 1.54) is 12.1 Å². The Morgan fingerprint density at radius 1 is 1.24 bits per heavy atom. The molecule has 21 heavy (non-hydrogen) atoms. The van der Waals surface area contributed by atoms with Crippen LogP contribution in [0, 0.1) is 0 Å². The molecule has 0 heterocycles. The van der Waals surface area contributed by atoms with Crippen molar-refractivity contribution in [2.24, 2.45) is 0 Å². The molecule has 0 atom stereocenters. The molecule has 0 aliphatic rings. The predicted molar refractivity (Wildman–Crippen MR) is 69.1 cm³/mol. The Kier molecular flexibility index (Phi) is 4.71. The van der Waals surface area contributed by atoms with Gasteiger partial charge in [0.05, 0.1) is 4.90 Å². The third-order valence-electron chi connectivity index (χ3n) is 2.57. The highest BCUT2D eigenvalue weighted by atomic mass is 32.2. The molecule has 9 heteroatoms. The molecule has 0 radical (unpaired) electrons. The second kappa shape index (κ2) is 5.66. The number of alkyl halides is 2. The largest absolute Gasteiger partial charge is 0.479 e. The molecule has 2 N–H and O–H groups in total. The van der Waals surface area contributed by atoms with Crippen molar-refractivity contribution < 1.29 is 31.9 Å². The van der Waals surface area contributed by atoms with Crippen molar-refractivity contribution in [2.75, 3.05) is 0 Å².